The summed E-state index contributed by atoms with van der Waals surface area (Å²) in [6.45, 7) is 5.90. The van der Waals surface area contributed by atoms with Crippen molar-refractivity contribution in [2.24, 2.45) is 5.10 Å². The number of carbonyl (C=O) groups excluding carboxylic acids is 1. The fourth-order valence-electron chi connectivity index (χ4n) is 4.07. The highest BCUT2D eigenvalue weighted by Crippen LogP contribution is 2.42. The summed E-state index contributed by atoms with van der Waals surface area (Å²) in [5.41, 5.74) is 0.942. The molecule has 0 aromatic heterocycles. The van der Waals surface area contributed by atoms with Crippen molar-refractivity contribution < 1.29 is 14.3 Å². The summed E-state index contributed by atoms with van der Waals surface area (Å²) in [7, 11) is 0.908. The number of hydrogen-bond acceptors (Lipinski definition) is 5. The molecule has 0 amide bonds. The molecule has 2 aromatic carbocycles. The fourth-order valence-corrected chi connectivity index (χ4v) is 6.83. The Morgan fingerprint density at radius 1 is 1.13 bits per heavy atom. The van der Waals surface area contributed by atoms with Crippen LogP contribution in [0.4, 0.5) is 0 Å². The minimum absolute atomic E-state index is 0.0392. The summed E-state index contributed by atoms with van der Waals surface area (Å²) in [4.78, 5) is 12.6. The van der Waals surface area contributed by atoms with E-state index in [4.69, 9.17) is 14.6 Å². The molecule has 0 N–H and O–H groups in total. The summed E-state index contributed by atoms with van der Waals surface area (Å²) in [5.74, 6) is -0.170. The fraction of sp³-hybridized carbons (Fsp3) is 0.440. The molecule has 1 aliphatic heterocycles. The Morgan fingerprint density at radius 3 is 2.29 bits per heavy atom. The van der Waals surface area contributed by atoms with E-state index < -0.39 is 7.92 Å². The standard InChI is InChI=1S/C25H33N2O3P/c1-4-30-25(28)18-24(20(2)26-27-17-11-12-21(27)19-29-3)31(22-13-7-5-8-14-22)23-15-9-6-10-16-23/h5-10,13-16,21,24H,4,11-12,17-19H2,1-3H3/b26-20-/t21-,24?/m0/s1. The first-order valence-corrected chi connectivity index (χ1v) is 12.4. The normalized spacial score (nSPS) is 17.7. The van der Waals surface area contributed by atoms with Crippen LogP contribution in [0.3, 0.4) is 0 Å². The van der Waals surface area contributed by atoms with Gasteiger partial charge in [0.2, 0.25) is 0 Å². The van der Waals surface area contributed by atoms with Crippen LogP contribution in [0.1, 0.15) is 33.1 Å². The SMILES string of the molecule is CCOC(=O)CC(/C(C)=N\N1CCC[C@H]1COC)P(c1ccccc1)c1ccccc1. The van der Waals surface area contributed by atoms with Gasteiger partial charge >= 0.3 is 5.97 Å². The van der Waals surface area contributed by atoms with Crippen LogP contribution in [-0.2, 0) is 14.3 Å². The van der Waals surface area contributed by atoms with Crippen molar-refractivity contribution >= 4 is 30.2 Å². The lowest BCUT2D eigenvalue weighted by Gasteiger charge is -2.30. The van der Waals surface area contributed by atoms with Gasteiger partial charge in [-0.25, -0.2) is 0 Å². The van der Waals surface area contributed by atoms with E-state index in [-0.39, 0.29) is 11.6 Å². The second-order valence-electron chi connectivity index (χ2n) is 7.72. The molecule has 0 bridgehead atoms. The molecule has 5 nitrogen and oxygen atoms in total. The highest BCUT2D eigenvalue weighted by Gasteiger charge is 2.31. The maximum Gasteiger partial charge on any atom is 0.306 e. The molecule has 0 spiro atoms. The maximum absolute atomic E-state index is 12.6. The Balaban J connectivity index is 2.00. The van der Waals surface area contributed by atoms with Gasteiger partial charge in [-0.1, -0.05) is 60.7 Å². The first-order chi connectivity index (χ1) is 15.1. The van der Waals surface area contributed by atoms with Crippen molar-refractivity contribution in [2.45, 2.75) is 44.8 Å². The highest BCUT2D eigenvalue weighted by molar-refractivity contribution is 7.74. The highest BCUT2D eigenvalue weighted by atomic mass is 31.1. The zero-order valence-electron chi connectivity index (χ0n) is 18.7. The van der Waals surface area contributed by atoms with Crippen molar-refractivity contribution in [3.05, 3.63) is 60.7 Å². The number of hydrazone groups is 1. The van der Waals surface area contributed by atoms with Crippen LogP contribution in [0, 0.1) is 0 Å². The average Bonchev–Trinajstić information content (AvgIpc) is 3.22. The number of ether oxygens (including phenoxy) is 2. The number of benzene rings is 2. The molecule has 1 heterocycles. The van der Waals surface area contributed by atoms with Gasteiger partial charge in [-0.2, -0.15) is 5.10 Å². The Morgan fingerprint density at radius 2 is 1.74 bits per heavy atom. The van der Waals surface area contributed by atoms with Crippen molar-refractivity contribution in [3.8, 4) is 0 Å². The zero-order chi connectivity index (χ0) is 22.1. The molecule has 1 fully saturated rings. The van der Waals surface area contributed by atoms with Crippen molar-refractivity contribution in [1.29, 1.82) is 0 Å². The van der Waals surface area contributed by atoms with Crippen LogP contribution in [0.15, 0.2) is 65.8 Å². The van der Waals surface area contributed by atoms with Crippen molar-refractivity contribution in [1.82, 2.24) is 5.01 Å². The Bertz CT molecular complexity index is 805. The second kappa shape index (κ2) is 12.0. The van der Waals surface area contributed by atoms with Gasteiger partial charge in [0.15, 0.2) is 0 Å². The van der Waals surface area contributed by atoms with E-state index in [9.17, 15) is 4.79 Å². The minimum atomic E-state index is -0.829. The van der Waals surface area contributed by atoms with Crippen LogP contribution < -0.4 is 10.6 Å². The van der Waals surface area contributed by atoms with E-state index in [0.717, 1.165) is 25.1 Å². The number of methoxy groups -OCH3 is 1. The molecule has 0 saturated carbocycles. The smallest absolute Gasteiger partial charge is 0.306 e. The first kappa shape index (κ1) is 23.4. The monoisotopic (exact) mass is 440 g/mol. The summed E-state index contributed by atoms with van der Waals surface area (Å²) >= 11 is 0. The van der Waals surface area contributed by atoms with E-state index in [1.165, 1.54) is 10.6 Å². The van der Waals surface area contributed by atoms with Gasteiger partial charge in [-0.05, 0) is 45.2 Å². The molecule has 2 aromatic rings. The molecule has 0 aliphatic carbocycles. The maximum atomic E-state index is 12.6. The predicted molar refractivity (Wildman–Crippen MR) is 129 cm³/mol. The van der Waals surface area contributed by atoms with Gasteiger partial charge in [0.25, 0.3) is 0 Å². The minimum Gasteiger partial charge on any atom is -0.466 e. The van der Waals surface area contributed by atoms with Crippen LogP contribution >= 0.6 is 7.92 Å². The predicted octanol–water partition coefficient (Wildman–Crippen LogP) is 3.93. The summed E-state index contributed by atoms with van der Waals surface area (Å²) in [6.07, 6.45) is 2.51. The third-order valence-electron chi connectivity index (χ3n) is 5.52. The largest absolute Gasteiger partial charge is 0.466 e. The lowest BCUT2D eigenvalue weighted by molar-refractivity contribution is -0.142. The van der Waals surface area contributed by atoms with E-state index >= 15 is 0 Å². The molecule has 1 aliphatic rings. The number of nitrogens with zero attached hydrogens (tertiary/aromatic N) is 2. The van der Waals surface area contributed by atoms with Gasteiger partial charge in [-0.3, -0.25) is 9.80 Å². The summed E-state index contributed by atoms with van der Waals surface area (Å²) < 4.78 is 10.8. The Labute approximate surface area is 187 Å². The van der Waals surface area contributed by atoms with Crippen LogP contribution in [0.5, 0.6) is 0 Å². The summed E-state index contributed by atoms with van der Waals surface area (Å²) in [5, 5.41) is 9.67. The van der Waals surface area contributed by atoms with Crippen LogP contribution in [-0.4, -0.2) is 55.3 Å². The molecule has 0 radical (unpaired) electrons. The molecule has 3 rings (SSSR count). The second-order valence-corrected chi connectivity index (χ2v) is 10.1. The van der Waals surface area contributed by atoms with Crippen molar-refractivity contribution in [3.63, 3.8) is 0 Å². The average molecular weight is 441 g/mol. The molecule has 6 heteroatoms. The molecule has 1 unspecified atom stereocenters. The molecular formula is C25H33N2O3P. The number of carbonyl (C=O) groups is 1. The van der Waals surface area contributed by atoms with Gasteiger partial charge in [0.1, 0.15) is 0 Å². The van der Waals surface area contributed by atoms with E-state index in [2.05, 4.69) is 60.5 Å². The van der Waals surface area contributed by atoms with E-state index in [1.807, 2.05) is 19.1 Å². The van der Waals surface area contributed by atoms with E-state index in [1.54, 1.807) is 7.11 Å². The molecule has 31 heavy (non-hydrogen) atoms. The van der Waals surface area contributed by atoms with Gasteiger partial charge in [0, 0.05) is 25.0 Å². The van der Waals surface area contributed by atoms with Gasteiger partial charge < -0.3 is 9.47 Å². The number of esters is 1. The molecule has 2 atom stereocenters. The molecule has 1 saturated heterocycles. The van der Waals surface area contributed by atoms with Gasteiger partial charge in [0.05, 0.1) is 25.7 Å². The zero-order valence-corrected chi connectivity index (χ0v) is 19.6. The third kappa shape index (κ3) is 6.38. The first-order valence-electron chi connectivity index (χ1n) is 11.0. The number of hydrogen-bond donors (Lipinski definition) is 0. The Hall–Kier alpha value is -2.23. The summed E-state index contributed by atoms with van der Waals surface area (Å²) in [6, 6.07) is 21.3. The van der Waals surface area contributed by atoms with Crippen LogP contribution in [0.2, 0.25) is 0 Å². The van der Waals surface area contributed by atoms with Gasteiger partial charge in [-0.15, -0.1) is 0 Å². The van der Waals surface area contributed by atoms with Crippen molar-refractivity contribution in [2.75, 3.05) is 26.9 Å². The van der Waals surface area contributed by atoms with Crippen LogP contribution in [0.25, 0.3) is 0 Å². The molecule has 166 valence electrons. The third-order valence-corrected chi connectivity index (χ3v) is 8.41. The molecular weight excluding hydrogens is 407 g/mol. The quantitative estimate of drug-likeness (QED) is 0.319. The number of rotatable bonds is 10. The lowest BCUT2D eigenvalue weighted by Crippen LogP contribution is -2.34. The lowest BCUT2D eigenvalue weighted by atomic mass is 10.2. The topological polar surface area (TPSA) is 51.1 Å². The Kier molecular flexibility index (Phi) is 9.05. The van der Waals surface area contributed by atoms with E-state index in [0.29, 0.717) is 25.7 Å².